The van der Waals surface area contributed by atoms with Gasteiger partial charge in [-0.2, -0.15) is 0 Å². The summed E-state index contributed by atoms with van der Waals surface area (Å²) in [5, 5.41) is 5.20. The third-order valence-corrected chi connectivity index (χ3v) is 4.22. The monoisotopic (exact) mass is 362 g/mol. The number of benzene rings is 1. The summed E-state index contributed by atoms with van der Waals surface area (Å²) >= 11 is 0. The molecule has 1 heterocycles. The number of hydrogen-bond acceptors (Lipinski definition) is 5. The second-order valence-electron chi connectivity index (χ2n) is 6.17. The fraction of sp³-hybridized carbons (Fsp3) is 0.500. The normalized spacial score (nSPS) is 16.8. The first-order valence-electron chi connectivity index (χ1n) is 8.70. The summed E-state index contributed by atoms with van der Waals surface area (Å²) in [5.74, 6) is -0.483. The fourth-order valence-electron chi connectivity index (χ4n) is 2.78. The van der Waals surface area contributed by atoms with E-state index in [0.29, 0.717) is 44.0 Å². The number of hydrogen-bond donors (Lipinski definition) is 3. The molecule has 4 N–H and O–H groups in total. The molecule has 1 aliphatic heterocycles. The van der Waals surface area contributed by atoms with Crippen molar-refractivity contribution in [2.24, 2.45) is 5.73 Å². The molecule has 2 rings (SSSR count). The molecule has 142 valence electrons. The molecule has 0 aromatic heterocycles. The Morgan fingerprint density at radius 3 is 2.88 bits per heavy atom. The Balaban J connectivity index is 2.27. The largest absolute Gasteiger partial charge is 0.493 e. The zero-order chi connectivity index (χ0) is 19.1. The van der Waals surface area contributed by atoms with E-state index in [-0.39, 0.29) is 24.1 Å². The Labute approximate surface area is 153 Å². The second-order valence-corrected chi connectivity index (χ2v) is 6.17. The first-order valence-corrected chi connectivity index (χ1v) is 8.70. The van der Waals surface area contributed by atoms with Crippen LogP contribution in [-0.2, 0) is 9.59 Å². The van der Waals surface area contributed by atoms with E-state index in [9.17, 15) is 14.4 Å². The van der Waals surface area contributed by atoms with Gasteiger partial charge in [-0.1, -0.05) is 6.07 Å². The minimum Gasteiger partial charge on any atom is -0.493 e. The maximum absolute atomic E-state index is 13.1. The number of aryl methyl sites for hydroxylation is 1. The fourth-order valence-corrected chi connectivity index (χ4v) is 2.78. The molecule has 1 aliphatic rings. The molecule has 1 fully saturated rings. The topological polar surface area (TPSA) is 114 Å². The summed E-state index contributed by atoms with van der Waals surface area (Å²) in [6, 6.07) is 4.47. The third kappa shape index (κ3) is 4.72. The van der Waals surface area contributed by atoms with Gasteiger partial charge >= 0.3 is 0 Å². The highest BCUT2D eigenvalue weighted by Gasteiger charge is 2.35. The number of ether oxygens (including phenoxy) is 1. The zero-order valence-corrected chi connectivity index (χ0v) is 15.2. The quantitative estimate of drug-likeness (QED) is 0.581. The number of carbonyl (C=O) groups is 3. The Kier molecular flexibility index (Phi) is 6.97. The highest BCUT2D eigenvalue weighted by Crippen LogP contribution is 2.24. The minimum absolute atomic E-state index is 0.0801. The number of rotatable bonds is 7. The van der Waals surface area contributed by atoms with E-state index in [1.807, 2.05) is 13.0 Å². The summed E-state index contributed by atoms with van der Waals surface area (Å²) in [4.78, 5) is 38.5. The Bertz CT molecular complexity index is 677. The Morgan fingerprint density at radius 2 is 2.19 bits per heavy atom. The summed E-state index contributed by atoms with van der Waals surface area (Å²) in [7, 11) is 1.50. The van der Waals surface area contributed by atoms with Crippen molar-refractivity contribution in [1.82, 2.24) is 15.5 Å². The van der Waals surface area contributed by atoms with Gasteiger partial charge in [-0.15, -0.1) is 0 Å². The van der Waals surface area contributed by atoms with Crippen LogP contribution < -0.4 is 21.1 Å². The van der Waals surface area contributed by atoms with Gasteiger partial charge in [0.2, 0.25) is 11.8 Å². The lowest BCUT2D eigenvalue weighted by Gasteiger charge is -2.35. The van der Waals surface area contributed by atoms with Crippen molar-refractivity contribution in [3.8, 4) is 5.75 Å². The Morgan fingerprint density at radius 1 is 1.42 bits per heavy atom. The van der Waals surface area contributed by atoms with Crippen molar-refractivity contribution in [3.05, 3.63) is 29.3 Å². The van der Waals surface area contributed by atoms with Crippen LogP contribution in [0.5, 0.6) is 5.75 Å². The molecule has 8 nitrogen and oxygen atoms in total. The van der Waals surface area contributed by atoms with Gasteiger partial charge in [-0.25, -0.2) is 0 Å². The van der Waals surface area contributed by atoms with Crippen LogP contribution in [0.15, 0.2) is 18.2 Å². The molecule has 8 heteroatoms. The standard InChI is InChI=1S/C18H26N4O4/c1-12-4-5-13(15(10-12)26-9-3-6-19)18(25)22-8-7-21-17(24)14(22)11-16(23)20-2/h4-5,10,14H,3,6-9,11,19H2,1-2H3,(H,20,23)(H,21,24)/t14-/m1/s1. The number of nitrogens with two attached hydrogens (primary N) is 1. The smallest absolute Gasteiger partial charge is 0.258 e. The van der Waals surface area contributed by atoms with Crippen molar-refractivity contribution in [2.45, 2.75) is 25.8 Å². The summed E-state index contributed by atoms with van der Waals surface area (Å²) in [6.07, 6.45) is 0.594. The van der Waals surface area contributed by atoms with E-state index < -0.39 is 6.04 Å². The van der Waals surface area contributed by atoms with Crippen molar-refractivity contribution in [3.63, 3.8) is 0 Å². The summed E-state index contributed by atoms with van der Waals surface area (Å²) in [5.41, 5.74) is 6.83. The highest BCUT2D eigenvalue weighted by molar-refractivity contribution is 6.01. The minimum atomic E-state index is -0.839. The van der Waals surface area contributed by atoms with E-state index in [0.717, 1.165) is 5.56 Å². The van der Waals surface area contributed by atoms with Crippen LogP contribution in [0.3, 0.4) is 0 Å². The second kappa shape index (κ2) is 9.19. The average Bonchev–Trinajstić information content (AvgIpc) is 2.63. The van der Waals surface area contributed by atoms with Crippen LogP contribution in [0.4, 0.5) is 0 Å². The van der Waals surface area contributed by atoms with Crippen molar-refractivity contribution < 1.29 is 19.1 Å². The lowest BCUT2D eigenvalue weighted by atomic mass is 10.0. The molecule has 0 aliphatic carbocycles. The van der Waals surface area contributed by atoms with Crippen LogP contribution in [0.1, 0.15) is 28.8 Å². The van der Waals surface area contributed by atoms with E-state index >= 15 is 0 Å². The molecule has 1 atom stereocenters. The maximum atomic E-state index is 13.1. The molecule has 0 radical (unpaired) electrons. The lowest BCUT2D eigenvalue weighted by Crippen LogP contribution is -2.58. The molecular weight excluding hydrogens is 336 g/mol. The van der Waals surface area contributed by atoms with Crippen molar-refractivity contribution >= 4 is 17.7 Å². The molecule has 26 heavy (non-hydrogen) atoms. The molecule has 0 spiro atoms. The third-order valence-electron chi connectivity index (χ3n) is 4.22. The van der Waals surface area contributed by atoms with Gasteiger partial charge in [-0.05, 0) is 37.6 Å². The lowest BCUT2D eigenvalue weighted by molar-refractivity contribution is -0.132. The molecule has 0 bridgehead atoms. The summed E-state index contributed by atoms with van der Waals surface area (Å²) < 4.78 is 5.73. The first kappa shape index (κ1) is 19.7. The Hall–Kier alpha value is -2.61. The van der Waals surface area contributed by atoms with Crippen LogP contribution in [-0.4, -0.2) is 62.0 Å². The molecule has 0 saturated carbocycles. The number of carbonyl (C=O) groups excluding carboxylic acids is 3. The molecule has 0 unspecified atom stereocenters. The van der Waals surface area contributed by atoms with Crippen LogP contribution in [0, 0.1) is 6.92 Å². The molecule has 1 aromatic rings. The van der Waals surface area contributed by atoms with Gasteiger partial charge in [0.25, 0.3) is 5.91 Å². The van der Waals surface area contributed by atoms with E-state index in [4.69, 9.17) is 10.5 Å². The number of piperazine rings is 1. The average molecular weight is 362 g/mol. The zero-order valence-electron chi connectivity index (χ0n) is 15.2. The molecule has 1 saturated heterocycles. The number of nitrogens with one attached hydrogen (secondary N) is 2. The van der Waals surface area contributed by atoms with E-state index in [2.05, 4.69) is 10.6 Å². The number of amides is 3. The number of nitrogens with zero attached hydrogens (tertiary/aromatic N) is 1. The van der Waals surface area contributed by atoms with E-state index in [1.165, 1.54) is 11.9 Å². The maximum Gasteiger partial charge on any atom is 0.258 e. The van der Waals surface area contributed by atoms with Gasteiger partial charge in [-0.3, -0.25) is 14.4 Å². The van der Waals surface area contributed by atoms with E-state index in [1.54, 1.807) is 12.1 Å². The van der Waals surface area contributed by atoms with Crippen LogP contribution >= 0.6 is 0 Å². The molecule has 1 aromatic carbocycles. The van der Waals surface area contributed by atoms with Gasteiger partial charge in [0, 0.05) is 20.1 Å². The van der Waals surface area contributed by atoms with Gasteiger partial charge in [0.1, 0.15) is 11.8 Å². The van der Waals surface area contributed by atoms with Crippen molar-refractivity contribution in [2.75, 3.05) is 33.3 Å². The SMILES string of the molecule is CNC(=O)C[C@@H]1C(=O)NCCN1C(=O)c1ccc(C)cc1OCCCN. The predicted octanol–water partition coefficient (Wildman–Crippen LogP) is -0.201. The predicted molar refractivity (Wildman–Crippen MR) is 96.9 cm³/mol. The summed E-state index contributed by atoms with van der Waals surface area (Å²) in [6.45, 7) is 3.50. The first-order chi connectivity index (χ1) is 12.5. The van der Waals surface area contributed by atoms with Gasteiger partial charge in [0.05, 0.1) is 18.6 Å². The molecule has 3 amide bonds. The van der Waals surface area contributed by atoms with Crippen LogP contribution in [0.25, 0.3) is 0 Å². The van der Waals surface area contributed by atoms with Crippen molar-refractivity contribution in [1.29, 1.82) is 0 Å². The highest BCUT2D eigenvalue weighted by atomic mass is 16.5. The van der Waals surface area contributed by atoms with Gasteiger partial charge < -0.3 is 26.0 Å². The van der Waals surface area contributed by atoms with Gasteiger partial charge in [0.15, 0.2) is 0 Å². The molecular formula is C18H26N4O4. The van der Waals surface area contributed by atoms with Crippen LogP contribution in [0.2, 0.25) is 0 Å².